The molecule has 8 aliphatic rings. The number of azide groups is 4. The summed E-state index contributed by atoms with van der Waals surface area (Å²) in [4.78, 5) is 127. The Labute approximate surface area is 766 Å². The lowest BCUT2D eigenvalue weighted by molar-refractivity contribution is -0.180. The summed E-state index contributed by atoms with van der Waals surface area (Å²) in [5.41, 5.74) is 50.5. The molecular weight excluding hydrogens is 1810 g/mol. The number of amidine groups is 4. The van der Waals surface area contributed by atoms with Gasteiger partial charge < -0.3 is 114 Å². The van der Waals surface area contributed by atoms with Crippen molar-refractivity contribution in [1.82, 2.24) is 19.6 Å². The fourth-order valence-electron chi connectivity index (χ4n) is 12.6. The number of esters is 6. The number of alkyl halides is 4. The number of phosphoric ester groups is 1. The number of halogens is 4. The second-order valence-corrected chi connectivity index (χ2v) is 32.6. The highest BCUT2D eigenvalue weighted by Crippen LogP contribution is 2.52. The van der Waals surface area contributed by atoms with Crippen LogP contribution in [-0.2, 0) is 113 Å². The van der Waals surface area contributed by atoms with Crippen LogP contribution >= 0.6 is 7.82 Å². The molecule has 0 saturated carbocycles. The number of nitrogens with zero attached hydrogens (tertiary/aromatic N) is 20. The number of phosphoric acid groups is 1. The van der Waals surface area contributed by atoms with Gasteiger partial charge in [0.2, 0.25) is 13.6 Å². The van der Waals surface area contributed by atoms with Crippen LogP contribution in [0.2, 0.25) is 0 Å². The van der Waals surface area contributed by atoms with E-state index in [0.717, 1.165) is 17.7 Å². The van der Waals surface area contributed by atoms with Gasteiger partial charge in [-0.3, -0.25) is 33.3 Å². The Morgan fingerprint density at radius 2 is 0.769 bits per heavy atom. The Balaban J connectivity index is 0.000000318. The molecule has 0 radical (unpaired) electrons. The average molecular weight is 1930 g/mol. The number of carbonyl (C=O) groups excluding carboxylic acids is 8. The first-order valence-corrected chi connectivity index (χ1v) is 43.0. The maximum atomic E-state index is 15.8. The number of aliphatic hydroxyl groups excluding tert-OH is 1. The number of hydrogen-bond donors (Lipinski definition) is 5. The molecule has 51 nitrogen and oxygen atoms in total. The topological polar surface area (TPSA) is 692 Å². The standard InChI is InChI=1S/C21H32FN6O12P.C21H31FN6O5.C19H27FN6O5.C17H23FN6O5/c1-12(2)38-19(30)33-10-36-41(32,37-11-34-20(31)39-13(3)4)35-9-21(8-25-27-24)17(29)16(22)18(40-21)28-7-6-15(23)26-14(28)5;1-4-6-8-16(29)31-13-21(12-25-27-24)19(32-17(30)9-7-5-2)18(22)20(33-21)28-11-10-15(23)26-14(28)3;1-10(2)17(27)29-9-19(8-23-25-22)15(30-18(28)11(3)4)14(20)16(31-19)26-7-6-13(21)24-12(26)5;1-4-12(25)27-9-17(8-21-23-20)15(28-13(26)5-2)14(18)16(29-17)24-7-6-11(19)22-10(24)3/h6-7,12-13,16-18,29H,5,8-11H2,1-4H3,(H2,23,26);10-11,18-20H,3-9,12-13H2,1-2H3,(H2,23,26);6-7,10-11,14-16H,5,8-9H2,1-4H3,(H2,21,24);6-7,14-16H,3-5,8-9H2,1-2H3,(H2,19,22)/t16-,17+,18-,21-;18-,19+,20-,21-;14-,15+,16-,19-;14-,15+,16-,17-/m1111/s1. The minimum absolute atomic E-state index is 0.0165. The Bertz CT molecular complexity index is 4680. The first-order chi connectivity index (χ1) is 63.3. The number of nitrogens with two attached hydrogens (primary N) is 4. The number of rotatable bonds is 42. The maximum Gasteiger partial charge on any atom is 0.510 e. The van der Waals surface area contributed by atoms with E-state index in [1.165, 1.54) is 63.8 Å². The molecule has 8 aliphatic heterocycles. The summed E-state index contributed by atoms with van der Waals surface area (Å²) in [6.45, 7) is 27.9. The summed E-state index contributed by atoms with van der Waals surface area (Å²) in [5.74, 6) is -3.82. The van der Waals surface area contributed by atoms with Gasteiger partial charge in [-0.2, -0.15) is 0 Å². The van der Waals surface area contributed by atoms with E-state index in [4.69, 9.17) is 115 Å². The van der Waals surface area contributed by atoms with Gasteiger partial charge in [-0.1, -0.05) is 115 Å². The van der Waals surface area contributed by atoms with Crippen molar-refractivity contribution in [3.8, 4) is 0 Å². The summed E-state index contributed by atoms with van der Waals surface area (Å²) >= 11 is 0. The van der Waals surface area contributed by atoms with Gasteiger partial charge in [-0.05, 0) is 87.0 Å². The quantitative estimate of drug-likeness (QED) is 0.00554. The minimum Gasteiger partial charge on any atom is -0.462 e. The lowest BCUT2D eigenvalue weighted by atomic mass is 9.96. The average Bonchev–Trinajstić information content (AvgIpc) is 1.61. The number of aliphatic hydroxyl groups is 1. The van der Waals surface area contributed by atoms with E-state index >= 15 is 17.6 Å². The highest BCUT2D eigenvalue weighted by molar-refractivity contribution is 7.48. The molecule has 0 amide bonds. The molecule has 0 spiro atoms. The van der Waals surface area contributed by atoms with E-state index in [0.29, 0.717) is 12.8 Å². The van der Waals surface area contributed by atoms with Crippen LogP contribution < -0.4 is 22.9 Å². The molecule has 4 saturated heterocycles. The first kappa shape index (κ1) is 112. The third kappa shape index (κ3) is 31.4. The van der Waals surface area contributed by atoms with E-state index in [9.17, 15) is 48.0 Å². The lowest BCUT2D eigenvalue weighted by Gasteiger charge is -2.33. The van der Waals surface area contributed by atoms with Gasteiger partial charge in [0.15, 0.2) is 84.7 Å². The first-order valence-electron chi connectivity index (χ1n) is 41.5. The van der Waals surface area contributed by atoms with Gasteiger partial charge in [0, 0.05) is 70.1 Å². The molecule has 0 aliphatic carbocycles. The molecule has 56 heteroatoms. The predicted molar refractivity (Wildman–Crippen MR) is 462 cm³/mol. The van der Waals surface area contributed by atoms with E-state index in [-0.39, 0.29) is 72.3 Å². The van der Waals surface area contributed by atoms with Crippen LogP contribution in [0.15, 0.2) is 139 Å². The molecule has 134 heavy (non-hydrogen) atoms. The SMILES string of the molecule is C=C1N=C(N)C=CN1[C@@H]1O[C@](CN=[N+]=[N-])(COC(=O)C(C)C)[C@@H](OC(=O)C(C)C)[C@H]1F.C=C1N=C(N)C=CN1[C@@H]1O[C@](CN=[N+]=[N-])(COC(=O)CC)[C@@H](OC(=O)CC)[C@H]1F.C=C1N=C(N)C=CN1[C@@H]1O[C@](CN=[N+]=[N-])(COC(=O)CCCC)[C@@H](OC(=O)CCCC)[C@H]1F.C=C1N=C(N)C=CN1[C@@H]1O[C@](CN=[N+]=[N-])(COP(=O)(OCOC(=O)OC(C)C)OCOC(=O)OC(C)C)[C@@H](O)[C@H]1F. The zero-order valence-corrected chi connectivity index (χ0v) is 76.6. The Morgan fingerprint density at radius 3 is 1.10 bits per heavy atom. The maximum absolute atomic E-state index is 15.8. The van der Waals surface area contributed by atoms with Crippen molar-refractivity contribution in [3.63, 3.8) is 0 Å². The van der Waals surface area contributed by atoms with Crippen LogP contribution in [0.5, 0.6) is 0 Å². The Morgan fingerprint density at radius 1 is 0.455 bits per heavy atom. The van der Waals surface area contributed by atoms with E-state index < -0.39 is 243 Å². The lowest BCUT2D eigenvalue weighted by Crippen LogP contribution is -2.52. The van der Waals surface area contributed by atoms with Crippen molar-refractivity contribution < 1.29 is 145 Å². The highest BCUT2D eigenvalue weighted by Gasteiger charge is 2.64. The van der Waals surface area contributed by atoms with Crippen molar-refractivity contribution in [2.75, 3.05) is 66.2 Å². The third-order valence-electron chi connectivity index (χ3n) is 19.4. The highest BCUT2D eigenvalue weighted by atomic mass is 31.2. The molecule has 0 aromatic carbocycles. The third-order valence-corrected chi connectivity index (χ3v) is 20.7. The number of aliphatic imine (C=N–C) groups is 4. The zero-order chi connectivity index (χ0) is 100. The molecule has 0 bridgehead atoms. The second kappa shape index (κ2) is 52.6. The van der Waals surface area contributed by atoms with E-state index in [2.05, 4.69) is 95.9 Å². The zero-order valence-electron chi connectivity index (χ0n) is 75.7. The summed E-state index contributed by atoms with van der Waals surface area (Å²) < 4.78 is 165. The summed E-state index contributed by atoms with van der Waals surface area (Å²) in [6, 6.07) is 0. The Hall–Kier alpha value is -12.8. The minimum atomic E-state index is -4.84. The fraction of sp³-hybridized carbons (Fsp3) is 0.641. The number of carbonyl (C=O) groups is 8. The molecule has 16 atom stereocenters. The summed E-state index contributed by atoms with van der Waals surface area (Å²) in [6.07, 6.45) is -9.25. The molecule has 0 aromatic rings. The molecular formula is C78H113F4N24O27P. The fourth-order valence-corrected chi connectivity index (χ4v) is 13.5. The molecule has 4 fully saturated rings. The van der Waals surface area contributed by atoms with Crippen molar-refractivity contribution in [2.45, 2.75) is 243 Å². The van der Waals surface area contributed by atoms with Crippen molar-refractivity contribution in [2.24, 2.45) is 75.2 Å². The molecule has 740 valence electrons. The van der Waals surface area contributed by atoms with Gasteiger partial charge in [0.25, 0.3) is 0 Å². The van der Waals surface area contributed by atoms with Crippen LogP contribution in [0.4, 0.5) is 27.2 Å². The largest absolute Gasteiger partial charge is 0.510 e. The van der Waals surface area contributed by atoms with Gasteiger partial charge in [0.05, 0.1) is 56.8 Å². The summed E-state index contributed by atoms with van der Waals surface area (Å²) in [5, 5.41) is 24.6. The number of unbranched alkanes of at least 4 members (excludes halogenated alkanes) is 2. The molecule has 0 aromatic heterocycles. The molecule has 8 heterocycles. The van der Waals surface area contributed by atoms with E-state index in [1.807, 2.05) is 13.8 Å². The van der Waals surface area contributed by atoms with Gasteiger partial charge in [0.1, 0.15) is 78.2 Å². The molecule has 8 rings (SSSR count). The van der Waals surface area contributed by atoms with Gasteiger partial charge >= 0.3 is 55.9 Å². The normalized spacial score (nSPS) is 26.5. The number of hydrogen-bond acceptors (Lipinski definition) is 43. The van der Waals surface area contributed by atoms with Gasteiger partial charge in [-0.25, -0.2) is 60.7 Å². The predicted octanol–water partition coefficient (Wildman–Crippen LogP) is 9.98. The van der Waals surface area contributed by atoms with Crippen molar-refractivity contribution >= 4 is 79.3 Å². The monoisotopic (exact) mass is 1920 g/mol. The van der Waals surface area contributed by atoms with Gasteiger partial charge in [-0.15, -0.1) is 0 Å². The van der Waals surface area contributed by atoms with Crippen LogP contribution in [0.3, 0.4) is 0 Å². The van der Waals surface area contributed by atoms with Crippen LogP contribution in [0, 0.1) is 11.8 Å². The number of ether oxygens (including phenoxy) is 14. The van der Waals surface area contributed by atoms with Crippen LogP contribution in [-0.4, -0.2) is 271 Å². The van der Waals surface area contributed by atoms with Crippen molar-refractivity contribution in [1.29, 1.82) is 0 Å². The van der Waals surface area contributed by atoms with Crippen LogP contribution in [0.1, 0.15) is 134 Å². The van der Waals surface area contributed by atoms with Crippen LogP contribution in [0.25, 0.3) is 41.8 Å². The second-order valence-electron chi connectivity index (χ2n) is 30.9. The molecule has 9 N–H and O–H groups in total. The summed E-state index contributed by atoms with van der Waals surface area (Å²) in [7, 11) is -4.84. The molecule has 0 unspecified atom stereocenters. The smallest absolute Gasteiger partial charge is 0.462 e. The van der Waals surface area contributed by atoms with Crippen molar-refractivity contribution in [3.05, 3.63) is 140 Å². The van der Waals surface area contributed by atoms with E-state index in [1.54, 1.807) is 69.2 Å². The Kier molecular flexibility index (Phi) is 43.9.